The van der Waals surface area contributed by atoms with Crippen molar-refractivity contribution in [1.29, 1.82) is 0 Å². The minimum Gasteiger partial charge on any atom is -0.492 e. The van der Waals surface area contributed by atoms with Gasteiger partial charge in [0.25, 0.3) is 12.3 Å². The summed E-state index contributed by atoms with van der Waals surface area (Å²) in [6.07, 6.45) is 0.554. The Bertz CT molecular complexity index is 1310. The second-order valence-electron chi connectivity index (χ2n) is 7.97. The van der Waals surface area contributed by atoms with Crippen molar-refractivity contribution in [2.45, 2.75) is 32.7 Å². The van der Waals surface area contributed by atoms with Gasteiger partial charge in [-0.05, 0) is 43.7 Å². The fourth-order valence-corrected chi connectivity index (χ4v) is 3.85. The number of hydrogen-bond donors (Lipinski definition) is 2. The third kappa shape index (κ3) is 5.90. The van der Waals surface area contributed by atoms with E-state index in [0.29, 0.717) is 41.9 Å². The molecule has 0 aliphatic carbocycles. The third-order valence-corrected chi connectivity index (χ3v) is 5.62. The van der Waals surface area contributed by atoms with Gasteiger partial charge in [-0.15, -0.1) is 0 Å². The van der Waals surface area contributed by atoms with Gasteiger partial charge >= 0.3 is 0 Å². The lowest BCUT2D eigenvalue weighted by molar-refractivity contribution is -0.116. The maximum Gasteiger partial charge on any atom is 0.280 e. The molecule has 12 heteroatoms. The number of nitrogens with zero attached hydrogens (tertiary/aromatic N) is 4. The number of anilines is 2. The largest absolute Gasteiger partial charge is 0.492 e. The monoisotopic (exact) mass is 514 g/mol. The minimum absolute atomic E-state index is 0.0304. The molecule has 2 N–H and O–H groups in total. The number of halogens is 2. The van der Waals surface area contributed by atoms with Crippen LogP contribution in [0, 0.1) is 0 Å². The molecule has 196 valence electrons. The lowest BCUT2D eigenvalue weighted by Gasteiger charge is -2.24. The summed E-state index contributed by atoms with van der Waals surface area (Å²) in [6.45, 7) is 7.64. The molecule has 3 amide bonds. The SMILES string of the molecule is C=CC(=O)NCC(CC)n1c(NC(=O)c2ccnc(C(F)F)c2)nc2ccc(OCC)c(N(C)C=O)c21. The van der Waals surface area contributed by atoms with Crippen LogP contribution < -0.4 is 20.3 Å². The fourth-order valence-electron chi connectivity index (χ4n) is 3.85. The Hall–Kier alpha value is -4.35. The first-order valence-electron chi connectivity index (χ1n) is 11.6. The lowest BCUT2D eigenvalue weighted by Crippen LogP contribution is -2.30. The molecule has 10 nitrogen and oxygen atoms in total. The number of nitrogens with one attached hydrogen (secondary N) is 2. The topological polar surface area (TPSA) is 118 Å². The molecule has 37 heavy (non-hydrogen) atoms. The Balaban J connectivity index is 2.20. The van der Waals surface area contributed by atoms with Crippen LogP contribution in [-0.2, 0) is 9.59 Å². The number of rotatable bonds is 12. The first-order chi connectivity index (χ1) is 17.7. The van der Waals surface area contributed by atoms with Crippen LogP contribution in [0.3, 0.4) is 0 Å². The van der Waals surface area contributed by atoms with Gasteiger partial charge in [0.05, 0.1) is 23.7 Å². The molecule has 3 aromatic rings. The molecule has 0 saturated heterocycles. The van der Waals surface area contributed by atoms with E-state index in [4.69, 9.17) is 4.74 Å². The molecule has 0 aliphatic rings. The number of carbonyl (C=O) groups excluding carboxylic acids is 3. The van der Waals surface area contributed by atoms with Gasteiger partial charge in [0, 0.05) is 25.4 Å². The van der Waals surface area contributed by atoms with Crippen LogP contribution in [-0.4, -0.2) is 53.0 Å². The predicted molar refractivity (Wildman–Crippen MR) is 135 cm³/mol. The summed E-state index contributed by atoms with van der Waals surface area (Å²) in [7, 11) is 1.56. The number of hydrogen-bond acceptors (Lipinski definition) is 6. The predicted octanol–water partition coefficient (Wildman–Crippen LogP) is 3.87. The van der Waals surface area contributed by atoms with E-state index < -0.39 is 24.1 Å². The zero-order chi connectivity index (χ0) is 27.1. The van der Waals surface area contributed by atoms with Gasteiger partial charge in [-0.3, -0.25) is 24.7 Å². The molecule has 0 bridgehead atoms. The fraction of sp³-hybridized carbons (Fsp3) is 0.320. The van der Waals surface area contributed by atoms with Gasteiger partial charge in [-0.2, -0.15) is 0 Å². The summed E-state index contributed by atoms with van der Waals surface area (Å²) < 4.78 is 33.7. The second kappa shape index (κ2) is 12.1. The normalized spacial score (nSPS) is 11.7. The Morgan fingerprint density at radius 1 is 1.27 bits per heavy atom. The van der Waals surface area contributed by atoms with Crippen molar-refractivity contribution >= 4 is 40.9 Å². The molecule has 0 fully saturated rings. The molecule has 1 atom stereocenters. The lowest BCUT2D eigenvalue weighted by atomic mass is 10.1. The van der Waals surface area contributed by atoms with Crippen LogP contribution in [0.25, 0.3) is 11.0 Å². The van der Waals surface area contributed by atoms with Gasteiger partial charge in [-0.25, -0.2) is 13.8 Å². The van der Waals surface area contributed by atoms with Crippen molar-refractivity contribution in [1.82, 2.24) is 19.9 Å². The van der Waals surface area contributed by atoms with Crippen LogP contribution in [0.1, 0.15) is 48.8 Å². The number of aromatic nitrogens is 3. The maximum atomic E-state index is 13.1. The molecular formula is C25H28F2N6O4. The number of amides is 3. The van der Waals surface area contributed by atoms with Crippen molar-refractivity contribution in [2.75, 3.05) is 30.4 Å². The number of imidazole rings is 1. The average molecular weight is 515 g/mol. The molecule has 2 aromatic heterocycles. The number of ether oxygens (including phenoxy) is 1. The van der Waals surface area contributed by atoms with Crippen molar-refractivity contribution in [2.24, 2.45) is 0 Å². The highest BCUT2D eigenvalue weighted by Crippen LogP contribution is 2.39. The van der Waals surface area contributed by atoms with Gasteiger partial charge in [0.1, 0.15) is 17.1 Å². The maximum absolute atomic E-state index is 13.1. The van der Waals surface area contributed by atoms with E-state index in [1.54, 1.807) is 30.7 Å². The van der Waals surface area contributed by atoms with E-state index in [9.17, 15) is 23.2 Å². The van der Waals surface area contributed by atoms with E-state index >= 15 is 0 Å². The van der Waals surface area contributed by atoms with Crippen LogP contribution in [0.5, 0.6) is 5.75 Å². The number of carbonyl (C=O) groups is 3. The summed E-state index contributed by atoms with van der Waals surface area (Å²) in [5, 5.41) is 5.44. The van der Waals surface area contributed by atoms with Crippen LogP contribution >= 0.6 is 0 Å². The zero-order valence-electron chi connectivity index (χ0n) is 20.7. The van der Waals surface area contributed by atoms with Crippen molar-refractivity contribution in [3.05, 3.63) is 54.4 Å². The van der Waals surface area contributed by atoms with Gasteiger partial charge < -0.3 is 19.5 Å². The Morgan fingerprint density at radius 3 is 2.65 bits per heavy atom. The molecule has 3 rings (SSSR count). The molecule has 0 saturated carbocycles. The molecule has 1 aromatic carbocycles. The number of pyridine rings is 1. The van der Waals surface area contributed by atoms with Gasteiger partial charge in [-0.1, -0.05) is 13.5 Å². The van der Waals surface area contributed by atoms with Crippen molar-refractivity contribution < 1.29 is 27.9 Å². The first kappa shape index (κ1) is 27.2. The highest BCUT2D eigenvalue weighted by molar-refractivity contribution is 6.05. The Morgan fingerprint density at radius 2 is 2.03 bits per heavy atom. The smallest absolute Gasteiger partial charge is 0.280 e. The summed E-state index contributed by atoms with van der Waals surface area (Å²) in [5.74, 6) is -0.542. The minimum atomic E-state index is -2.84. The summed E-state index contributed by atoms with van der Waals surface area (Å²) >= 11 is 0. The van der Waals surface area contributed by atoms with Crippen LogP contribution in [0.4, 0.5) is 20.4 Å². The molecule has 1 unspecified atom stereocenters. The van der Waals surface area contributed by atoms with E-state index in [0.717, 1.165) is 18.3 Å². The Kier molecular flexibility index (Phi) is 8.88. The quantitative estimate of drug-likeness (QED) is 0.280. The van der Waals surface area contributed by atoms with Crippen molar-refractivity contribution in [3.63, 3.8) is 0 Å². The molecule has 0 aliphatic heterocycles. The molecule has 0 radical (unpaired) electrons. The number of fused-ring (bicyclic) bond motifs is 1. The zero-order valence-corrected chi connectivity index (χ0v) is 20.7. The van der Waals surface area contributed by atoms with E-state index in [1.807, 2.05) is 6.92 Å². The number of benzene rings is 1. The third-order valence-electron chi connectivity index (χ3n) is 5.62. The first-order valence-corrected chi connectivity index (χ1v) is 11.6. The average Bonchev–Trinajstić information content (AvgIpc) is 3.26. The standard InChI is InChI=1S/C25H28F2N6O4/c1-5-16(13-29-20(35)6-2)33-21-17(8-9-19(37-7-3)22(21)32(4)14-34)30-25(33)31-24(36)15-10-11-28-18(12-15)23(26)27/h6,8-12,14,16,23H,2,5,7,13H2,1,3-4H3,(H,29,35)(H,30,31,36). The molecular weight excluding hydrogens is 486 g/mol. The van der Waals surface area contributed by atoms with Crippen LogP contribution in [0.15, 0.2) is 43.1 Å². The van der Waals surface area contributed by atoms with Crippen LogP contribution in [0.2, 0.25) is 0 Å². The van der Waals surface area contributed by atoms with Crippen molar-refractivity contribution in [3.8, 4) is 5.75 Å². The highest BCUT2D eigenvalue weighted by Gasteiger charge is 2.26. The highest BCUT2D eigenvalue weighted by atomic mass is 19.3. The van der Waals surface area contributed by atoms with E-state index in [2.05, 4.69) is 27.2 Å². The van der Waals surface area contributed by atoms with E-state index in [-0.39, 0.29) is 24.0 Å². The van der Waals surface area contributed by atoms with Gasteiger partial charge in [0.2, 0.25) is 18.3 Å². The van der Waals surface area contributed by atoms with E-state index in [1.165, 1.54) is 11.0 Å². The molecule has 2 heterocycles. The number of alkyl halides is 2. The summed E-state index contributed by atoms with van der Waals surface area (Å²) in [6, 6.07) is 5.25. The van der Waals surface area contributed by atoms with Gasteiger partial charge in [0.15, 0.2) is 0 Å². The summed E-state index contributed by atoms with van der Waals surface area (Å²) in [4.78, 5) is 46.3. The molecule has 0 spiro atoms. The Labute approximate surface area is 212 Å². The summed E-state index contributed by atoms with van der Waals surface area (Å²) in [5.41, 5.74) is 0.783. The second-order valence-corrected chi connectivity index (χ2v) is 7.97.